The summed E-state index contributed by atoms with van der Waals surface area (Å²) in [4.78, 5) is 19.0. The topological polar surface area (TPSA) is 58.7 Å². The van der Waals surface area contributed by atoms with Crippen LogP contribution in [0.4, 0.5) is 0 Å². The first-order valence-corrected chi connectivity index (χ1v) is 11.1. The molecule has 1 atom stereocenters. The maximum Gasteiger partial charge on any atom is 0.263 e. The van der Waals surface area contributed by atoms with Crippen LogP contribution in [0.1, 0.15) is 12.5 Å². The third-order valence-corrected chi connectivity index (χ3v) is 6.53. The Morgan fingerprint density at radius 3 is 2.52 bits per heavy atom. The molecule has 4 aromatic rings. The number of fused-ring (bicyclic) bond motifs is 1. The first kappa shape index (κ1) is 19.4. The molecule has 144 valence electrons. The van der Waals surface area contributed by atoms with Crippen molar-refractivity contribution in [3.05, 3.63) is 82.0 Å². The Morgan fingerprint density at radius 2 is 1.83 bits per heavy atom. The number of rotatable bonds is 6. The summed E-state index contributed by atoms with van der Waals surface area (Å²) in [6.45, 7) is 2.35. The zero-order valence-electron chi connectivity index (χ0n) is 15.9. The van der Waals surface area contributed by atoms with Gasteiger partial charge in [-0.15, -0.1) is 11.3 Å². The van der Waals surface area contributed by atoms with E-state index in [9.17, 15) is 10.1 Å². The lowest BCUT2D eigenvalue weighted by molar-refractivity contribution is 0.596. The summed E-state index contributed by atoms with van der Waals surface area (Å²) in [6.07, 6.45) is 0.729. The van der Waals surface area contributed by atoms with Gasteiger partial charge in [0.15, 0.2) is 5.16 Å². The van der Waals surface area contributed by atoms with Crippen molar-refractivity contribution in [3.63, 3.8) is 0 Å². The lowest BCUT2D eigenvalue weighted by atomic mass is 10.1. The van der Waals surface area contributed by atoms with E-state index in [1.807, 2.05) is 60.8 Å². The molecule has 29 heavy (non-hydrogen) atoms. The smallest absolute Gasteiger partial charge is 0.263 e. The number of aryl methyl sites for hydroxylation is 1. The SMILES string of the molecule is C[C@@H](C#N)Sc1nc2scc(-c3ccccc3)c2c(=O)n1CCc1ccccc1. The summed E-state index contributed by atoms with van der Waals surface area (Å²) in [5.41, 5.74) is 3.05. The fourth-order valence-electron chi connectivity index (χ4n) is 3.19. The Labute approximate surface area is 177 Å². The van der Waals surface area contributed by atoms with Crippen LogP contribution in [0.15, 0.2) is 76.0 Å². The number of nitriles is 1. The highest BCUT2D eigenvalue weighted by Crippen LogP contribution is 2.32. The third-order valence-electron chi connectivity index (χ3n) is 4.67. The molecule has 0 fully saturated rings. The molecule has 2 aromatic heterocycles. The van der Waals surface area contributed by atoms with Crippen LogP contribution in [0.5, 0.6) is 0 Å². The molecule has 0 radical (unpaired) electrons. The summed E-state index contributed by atoms with van der Waals surface area (Å²) < 4.78 is 1.73. The van der Waals surface area contributed by atoms with Crippen molar-refractivity contribution >= 4 is 33.3 Å². The molecule has 4 nitrogen and oxygen atoms in total. The average molecular weight is 418 g/mol. The number of thioether (sulfide) groups is 1. The maximum absolute atomic E-state index is 13.5. The Bertz CT molecular complexity index is 1220. The van der Waals surface area contributed by atoms with Gasteiger partial charge in [0, 0.05) is 17.5 Å². The van der Waals surface area contributed by atoms with E-state index in [2.05, 4.69) is 18.2 Å². The second kappa shape index (κ2) is 8.64. The van der Waals surface area contributed by atoms with Gasteiger partial charge in [-0.05, 0) is 24.5 Å². The van der Waals surface area contributed by atoms with Gasteiger partial charge in [0.2, 0.25) is 0 Å². The Morgan fingerprint density at radius 1 is 1.14 bits per heavy atom. The molecular formula is C23H19N3OS2. The molecule has 0 spiro atoms. The van der Waals surface area contributed by atoms with Crippen LogP contribution in [0, 0.1) is 11.3 Å². The second-order valence-corrected chi connectivity index (χ2v) is 8.84. The highest BCUT2D eigenvalue weighted by atomic mass is 32.2. The van der Waals surface area contributed by atoms with E-state index in [1.165, 1.54) is 23.1 Å². The minimum atomic E-state index is -0.282. The number of aromatic nitrogens is 2. The summed E-state index contributed by atoms with van der Waals surface area (Å²) in [7, 11) is 0. The largest absolute Gasteiger partial charge is 0.287 e. The highest BCUT2D eigenvalue weighted by molar-refractivity contribution is 8.00. The van der Waals surface area contributed by atoms with E-state index in [4.69, 9.17) is 4.98 Å². The molecule has 6 heteroatoms. The first-order valence-electron chi connectivity index (χ1n) is 9.35. The summed E-state index contributed by atoms with van der Waals surface area (Å²) in [5, 5.41) is 12.2. The quantitative estimate of drug-likeness (QED) is 0.312. The molecule has 4 rings (SSSR count). The zero-order valence-corrected chi connectivity index (χ0v) is 17.5. The van der Waals surface area contributed by atoms with Crippen molar-refractivity contribution in [3.8, 4) is 17.2 Å². The monoisotopic (exact) mass is 417 g/mol. The van der Waals surface area contributed by atoms with Gasteiger partial charge >= 0.3 is 0 Å². The van der Waals surface area contributed by atoms with E-state index >= 15 is 0 Å². The van der Waals surface area contributed by atoms with Crippen LogP contribution < -0.4 is 5.56 Å². The van der Waals surface area contributed by atoms with Gasteiger partial charge in [0.1, 0.15) is 4.83 Å². The van der Waals surface area contributed by atoms with Gasteiger partial charge in [0.05, 0.1) is 16.7 Å². The van der Waals surface area contributed by atoms with E-state index in [0.29, 0.717) is 17.1 Å². The van der Waals surface area contributed by atoms with Crippen LogP contribution in [0.25, 0.3) is 21.3 Å². The predicted octanol–water partition coefficient (Wildman–Crippen LogP) is 5.37. The summed E-state index contributed by atoms with van der Waals surface area (Å²) >= 11 is 2.81. The first-order chi connectivity index (χ1) is 14.2. The standard InChI is InChI=1S/C23H19N3OS2/c1-16(14-24)29-23-25-21-20(19(15-28-21)18-10-6-3-7-11-18)22(27)26(23)13-12-17-8-4-2-5-9-17/h2-11,15-16H,12-13H2,1H3/t16-/m0/s1. The van der Waals surface area contributed by atoms with Crippen molar-refractivity contribution in [1.82, 2.24) is 9.55 Å². The summed E-state index contributed by atoms with van der Waals surface area (Å²) in [6, 6.07) is 22.2. The molecule has 0 saturated heterocycles. The van der Waals surface area contributed by atoms with E-state index in [1.54, 1.807) is 4.57 Å². The van der Waals surface area contributed by atoms with Crippen molar-refractivity contribution in [1.29, 1.82) is 5.26 Å². The maximum atomic E-state index is 13.5. The van der Waals surface area contributed by atoms with Crippen molar-refractivity contribution in [2.24, 2.45) is 0 Å². The Hall–Kier alpha value is -2.88. The van der Waals surface area contributed by atoms with Crippen molar-refractivity contribution < 1.29 is 0 Å². The van der Waals surface area contributed by atoms with Gasteiger partial charge in [-0.3, -0.25) is 9.36 Å². The van der Waals surface area contributed by atoms with E-state index in [-0.39, 0.29) is 10.8 Å². The molecule has 2 aromatic carbocycles. The zero-order chi connectivity index (χ0) is 20.2. The Balaban J connectivity index is 1.83. The normalized spacial score (nSPS) is 12.0. The van der Waals surface area contributed by atoms with Gasteiger partial charge in [-0.1, -0.05) is 72.4 Å². The van der Waals surface area contributed by atoms with Gasteiger partial charge in [0.25, 0.3) is 5.56 Å². The van der Waals surface area contributed by atoms with E-state index in [0.717, 1.165) is 27.9 Å². The summed E-state index contributed by atoms with van der Waals surface area (Å²) in [5.74, 6) is 0. The lowest BCUT2D eigenvalue weighted by Gasteiger charge is -2.13. The molecule has 0 unspecified atom stereocenters. The third kappa shape index (κ3) is 4.12. The molecule has 0 N–H and O–H groups in total. The Kier molecular flexibility index (Phi) is 5.79. The number of hydrogen-bond donors (Lipinski definition) is 0. The van der Waals surface area contributed by atoms with Crippen molar-refractivity contribution in [2.45, 2.75) is 30.3 Å². The minimum absolute atomic E-state index is 0.0429. The second-order valence-electron chi connectivity index (χ2n) is 6.67. The molecule has 0 bridgehead atoms. The minimum Gasteiger partial charge on any atom is -0.287 e. The molecular weight excluding hydrogens is 398 g/mol. The number of thiophene rings is 1. The number of nitrogens with zero attached hydrogens (tertiary/aromatic N) is 3. The number of benzene rings is 2. The predicted molar refractivity (Wildman–Crippen MR) is 120 cm³/mol. The van der Waals surface area contributed by atoms with Gasteiger partial charge in [-0.25, -0.2) is 4.98 Å². The van der Waals surface area contributed by atoms with Crippen LogP contribution >= 0.6 is 23.1 Å². The molecule has 0 aliphatic heterocycles. The molecule has 0 aliphatic rings. The van der Waals surface area contributed by atoms with Crippen molar-refractivity contribution in [2.75, 3.05) is 0 Å². The molecule has 0 aliphatic carbocycles. The lowest BCUT2D eigenvalue weighted by Crippen LogP contribution is -2.24. The van der Waals surface area contributed by atoms with E-state index < -0.39 is 0 Å². The van der Waals surface area contributed by atoms with Crippen LogP contribution in [0.3, 0.4) is 0 Å². The van der Waals surface area contributed by atoms with Crippen LogP contribution in [-0.2, 0) is 13.0 Å². The van der Waals surface area contributed by atoms with Gasteiger partial charge in [-0.2, -0.15) is 5.26 Å². The fourth-order valence-corrected chi connectivity index (χ4v) is 5.00. The number of hydrogen-bond acceptors (Lipinski definition) is 5. The van der Waals surface area contributed by atoms with Crippen LogP contribution in [0.2, 0.25) is 0 Å². The van der Waals surface area contributed by atoms with Crippen LogP contribution in [-0.4, -0.2) is 14.8 Å². The average Bonchev–Trinajstić information content (AvgIpc) is 3.19. The molecule has 2 heterocycles. The molecule has 0 amide bonds. The highest BCUT2D eigenvalue weighted by Gasteiger charge is 2.18. The molecule has 0 saturated carbocycles. The fraction of sp³-hybridized carbons (Fsp3) is 0.174. The van der Waals surface area contributed by atoms with Gasteiger partial charge < -0.3 is 0 Å².